The molecule has 7 heteroatoms. The summed E-state index contributed by atoms with van der Waals surface area (Å²) in [6, 6.07) is 16.1. The van der Waals surface area contributed by atoms with Crippen LogP contribution in [0.15, 0.2) is 54.7 Å². The Kier molecular flexibility index (Phi) is 6.25. The Labute approximate surface area is 199 Å². The molecule has 0 saturated carbocycles. The molecule has 0 bridgehead atoms. The number of aromatic nitrogens is 5. The van der Waals surface area contributed by atoms with Gasteiger partial charge in [-0.1, -0.05) is 48.4 Å². The average molecular weight is 455 g/mol. The van der Waals surface area contributed by atoms with E-state index >= 15 is 0 Å². The number of aryl methyl sites for hydroxylation is 3. The highest BCUT2D eigenvalue weighted by Gasteiger charge is 2.20. The minimum atomic E-state index is -0.132. The molecule has 0 radical (unpaired) electrons. The van der Waals surface area contributed by atoms with Gasteiger partial charge in [-0.05, 0) is 44.4 Å². The van der Waals surface area contributed by atoms with E-state index in [1.54, 1.807) is 4.68 Å². The molecule has 0 unspecified atom stereocenters. The molecule has 4 aromatic rings. The highest BCUT2D eigenvalue weighted by atomic mass is 16.1. The number of nitrogens with zero attached hydrogens (tertiary/aromatic N) is 5. The number of fused-ring (bicyclic) bond motifs is 1. The molecule has 1 aliphatic rings. The van der Waals surface area contributed by atoms with Crippen molar-refractivity contribution in [3.8, 4) is 16.9 Å². The molecule has 2 aromatic heterocycles. The fourth-order valence-corrected chi connectivity index (χ4v) is 4.64. The summed E-state index contributed by atoms with van der Waals surface area (Å²) in [6.45, 7) is 5.59. The van der Waals surface area contributed by atoms with Crippen molar-refractivity contribution in [2.24, 2.45) is 0 Å². The van der Waals surface area contributed by atoms with Crippen LogP contribution in [0, 0.1) is 13.8 Å². The van der Waals surface area contributed by atoms with Crippen molar-refractivity contribution in [1.82, 2.24) is 29.9 Å². The first kappa shape index (κ1) is 22.1. The van der Waals surface area contributed by atoms with Crippen LogP contribution >= 0.6 is 0 Å². The maximum atomic E-state index is 13.3. The number of benzene rings is 2. The molecule has 0 fully saturated rings. The van der Waals surface area contributed by atoms with Crippen molar-refractivity contribution in [3.05, 3.63) is 83.1 Å². The second-order valence-electron chi connectivity index (χ2n) is 8.99. The maximum absolute atomic E-state index is 13.3. The molecule has 0 saturated heterocycles. The number of rotatable bonds is 6. The van der Waals surface area contributed by atoms with Crippen LogP contribution in [0.25, 0.3) is 16.9 Å². The van der Waals surface area contributed by atoms with Crippen molar-refractivity contribution in [2.75, 3.05) is 6.54 Å². The lowest BCUT2D eigenvalue weighted by Crippen LogP contribution is -2.26. The molecular formula is C27H30N6O. The van der Waals surface area contributed by atoms with E-state index in [-0.39, 0.29) is 5.91 Å². The van der Waals surface area contributed by atoms with Gasteiger partial charge in [0, 0.05) is 37.7 Å². The lowest BCUT2D eigenvalue weighted by molar-refractivity contribution is 0.0954. The van der Waals surface area contributed by atoms with Gasteiger partial charge in [0.05, 0.1) is 11.3 Å². The molecular weight excluding hydrogens is 424 g/mol. The minimum absolute atomic E-state index is 0.132. The number of nitrogens with one attached hydrogen (secondary N) is 1. The average Bonchev–Trinajstić information content (AvgIpc) is 3.37. The van der Waals surface area contributed by atoms with Gasteiger partial charge in [0.2, 0.25) is 0 Å². The fourth-order valence-electron chi connectivity index (χ4n) is 4.64. The summed E-state index contributed by atoms with van der Waals surface area (Å²) in [5.74, 6) is 1.89. The monoisotopic (exact) mass is 454 g/mol. The Morgan fingerprint density at radius 3 is 2.71 bits per heavy atom. The van der Waals surface area contributed by atoms with Crippen LogP contribution in [0.3, 0.4) is 0 Å². The number of hydrogen-bond acceptors (Lipinski definition) is 4. The Morgan fingerprint density at radius 2 is 1.88 bits per heavy atom. The van der Waals surface area contributed by atoms with Gasteiger partial charge >= 0.3 is 0 Å². The summed E-state index contributed by atoms with van der Waals surface area (Å²) >= 11 is 0. The first-order chi connectivity index (χ1) is 16.6. The normalized spacial score (nSPS) is 13.4. The summed E-state index contributed by atoms with van der Waals surface area (Å²) in [4.78, 5) is 13.3. The molecule has 1 amide bonds. The zero-order valence-electron chi connectivity index (χ0n) is 19.8. The summed E-state index contributed by atoms with van der Waals surface area (Å²) in [5, 5.41) is 16.7. The summed E-state index contributed by atoms with van der Waals surface area (Å²) in [5.41, 5.74) is 5.42. The Balaban J connectivity index is 1.39. The molecule has 5 rings (SSSR count). The van der Waals surface area contributed by atoms with Gasteiger partial charge < -0.3 is 9.88 Å². The Morgan fingerprint density at radius 1 is 1.03 bits per heavy atom. The highest BCUT2D eigenvalue weighted by molar-refractivity contribution is 6.00. The highest BCUT2D eigenvalue weighted by Crippen LogP contribution is 2.27. The van der Waals surface area contributed by atoms with Gasteiger partial charge in [-0.2, -0.15) is 5.10 Å². The third-order valence-electron chi connectivity index (χ3n) is 6.44. The third kappa shape index (κ3) is 4.51. The number of para-hydroxylation sites is 1. The lowest BCUT2D eigenvalue weighted by Gasteiger charge is -2.09. The van der Waals surface area contributed by atoms with Crippen molar-refractivity contribution in [3.63, 3.8) is 0 Å². The Bertz CT molecular complexity index is 1300. The number of carbonyl (C=O) groups is 1. The van der Waals surface area contributed by atoms with Crippen molar-refractivity contribution in [2.45, 2.75) is 52.5 Å². The van der Waals surface area contributed by atoms with E-state index in [1.807, 2.05) is 42.6 Å². The number of hydrogen-bond donors (Lipinski definition) is 1. The summed E-state index contributed by atoms with van der Waals surface area (Å²) < 4.78 is 4.01. The van der Waals surface area contributed by atoms with Crippen LogP contribution in [-0.2, 0) is 19.4 Å². The van der Waals surface area contributed by atoms with E-state index in [9.17, 15) is 4.79 Å². The van der Waals surface area contributed by atoms with Gasteiger partial charge in [0.15, 0.2) is 0 Å². The predicted molar refractivity (Wildman–Crippen MR) is 132 cm³/mol. The molecule has 0 aliphatic carbocycles. The second kappa shape index (κ2) is 9.63. The van der Waals surface area contributed by atoms with Crippen LogP contribution in [0.5, 0.6) is 0 Å². The molecule has 174 valence electrons. The van der Waals surface area contributed by atoms with Crippen LogP contribution in [-0.4, -0.2) is 37.0 Å². The quantitative estimate of drug-likeness (QED) is 0.467. The maximum Gasteiger partial charge on any atom is 0.255 e. The van der Waals surface area contributed by atoms with Gasteiger partial charge in [-0.25, -0.2) is 4.68 Å². The fraction of sp³-hybridized carbons (Fsp3) is 0.333. The van der Waals surface area contributed by atoms with E-state index in [0.717, 1.165) is 47.8 Å². The van der Waals surface area contributed by atoms with E-state index in [4.69, 9.17) is 5.10 Å². The molecule has 2 aromatic carbocycles. The largest absolute Gasteiger partial charge is 0.351 e. The Hall–Kier alpha value is -3.74. The van der Waals surface area contributed by atoms with Gasteiger partial charge in [-0.15, -0.1) is 10.2 Å². The molecule has 7 nitrogen and oxygen atoms in total. The zero-order chi connectivity index (χ0) is 23.5. The van der Waals surface area contributed by atoms with Crippen LogP contribution < -0.4 is 5.32 Å². The molecule has 34 heavy (non-hydrogen) atoms. The number of carbonyl (C=O) groups excluding carboxylic acids is 1. The van der Waals surface area contributed by atoms with E-state index in [0.29, 0.717) is 24.2 Å². The predicted octanol–water partition coefficient (Wildman–Crippen LogP) is 4.45. The summed E-state index contributed by atoms with van der Waals surface area (Å²) in [7, 11) is 0. The molecule has 1 aliphatic heterocycles. The zero-order valence-corrected chi connectivity index (χ0v) is 19.8. The van der Waals surface area contributed by atoms with Gasteiger partial charge in [-0.3, -0.25) is 4.79 Å². The van der Waals surface area contributed by atoms with Gasteiger partial charge in [0.25, 0.3) is 5.91 Å². The van der Waals surface area contributed by atoms with Crippen molar-refractivity contribution < 1.29 is 4.79 Å². The molecule has 0 spiro atoms. The summed E-state index contributed by atoms with van der Waals surface area (Å²) in [6.07, 6.45) is 7.01. The lowest BCUT2D eigenvalue weighted by atomic mass is 10.0. The second-order valence-corrected chi connectivity index (χ2v) is 8.99. The first-order valence-electron chi connectivity index (χ1n) is 12.0. The minimum Gasteiger partial charge on any atom is -0.351 e. The van der Waals surface area contributed by atoms with Gasteiger partial charge in [0.1, 0.15) is 17.3 Å². The van der Waals surface area contributed by atoms with E-state index in [1.165, 1.54) is 18.4 Å². The smallest absolute Gasteiger partial charge is 0.255 e. The van der Waals surface area contributed by atoms with E-state index < -0.39 is 0 Å². The van der Waals surface area contributed by atoms with Crippen LogP contribution in [0.1, 0.15) is 52.4 Å². The van der Waals surface area contributed by atoms with Crippen LogP contribution in [0.2, 0.25) is 0 Å². The standard InChI is InChI=1S/C27H30N6O/c1-19-12-13-22(20(2)17-19)26-23(18-33(31-26)21-9-5-3-6-10-21)27(34)28-15-14-25-30-29-24-11-7-4-8-16-32(24)25/h3,5-6,9-10,12-13,17-18H,4,7-8,11,14-16H2,1-2H3,(H,28,34). The van der Waals surface area contributed by atoms with Crippen molar-refractivity contribution in [1.29, 1.82) is 0 Å². The van der Waals surface area contributed by atoms with E-state index in [2.05, 4.69) is 46.1 Å². The SMILES string of the molecule is Cc1ccc(-c2nn(-c3ccccc3)cc2C(=O)NCCc2nnc3n2CCCCC3)c(C)c1. The topological polar surface area (TPSA) is 77.6 Å². The third-order valence-corrected chi connectivity index (χ3v) is 6.44. The molecule has 0 atom stereocenters. The van der Waals surface area contributed by atoms with Crippen molar-refractivity contribution >= 4 is 5.91 Å². The first-order valence-corrected chi connectivity index (χ1v) is 12.0. The molecule has 3 heterocycles. The number of amides is 1. The van der Waals surface area contributed by atoms with Crippen LogP contribution in [0.4, 0.5) is 0 Å². The molecule has 1 N–H and O–H groups in total.